The van der Waals surface area contributed by atoms with Crippen LogP contribution in [0.2, 0.25) is 0 Å². The molecule has 3 aromatic rings. The number of carbonyl (C=O) groups is 1. The summed E-state index contributed by atoms with van der Waals surface area (Å²) in [6.07, 6.45) is 2.92. The van der Waals surface area contributed by atoms with Crippen LogP contribution in [-0.4, -0.2) is 20.7 Å². The van der Waals surface area contributed by atoms with E-state index in [-0.39, 0.29) is 12.5 Å². The van der Waals surface area contributed by atoms with Crippen LogP contribution in [0.25, 0.3) is 10.8 Å². The van der Waals surface area contributed by atoms with Gasteiger partial charge in [0.1, 0.15) is 19.2 Å². The van der Waals surface area contributed by atoms with E-state index in [1.54, 1.807) is 0 Å². The van der Waals surface area contributed by atoms with Crippen molar-refractivity contribution in [2.45, 2.75) is 6.54 Å². The van der Waals surface area contributed by atoms with Crippen molar-refractivity contribution in [1.82, 2.24) is 14.8 Å². The molecule has 1 N–H and O–H groups in total. The summed E-state index contributed by atoms with van der Waals surface area (Å²) in [5.41, 5.74) is 0.809. The number of nitrogens with one attached hydrogen (secondary N) is 1. The molecule has 0 fully saturated rings. The van der Waals surface area contributed by atoms with Crippen LogP contribution >= 0.6 is 0 Å². The van der Waals surface area contributed by atoms with Gasteiger partial charge in [0.05, 0.1) is 0 Å². The molecular formula is C14H12N4O. The number of hydrogen-bond donors (Lipinski definition) is 1. The smallest absolute Gasteiger partial charge is 0.246 e. The fraction of sp³-hybridized carbons (Fsp3) is 0.0714. The highest BCUT2D eigenvalue weighted by Crippen LogP contribution is 2.22. The number of anilines is 1. The van der Waals surface area contributed by atoms with Gasteiger partial charge in [0.2, 0.25) is 5.91 Å². The first-order chi connectivity index (χ1) is 9.33. The SMILES string of the molecule is O=C(Cn1cncn1)Nc1cccc2ccccc12. The average molecular weight is 252 g/mol. The first kappa shape index (κ1) is 11.4. The van der Waals surface area contributed by atoms with Gasteiger partial charge in [-0.2, -0.15) is 5.10 Å². The minimum absolute atomic E-state index is 0.123. The molecule has 1 aromatic heterocycles. The molecule has 0 spiro atoms. The molecule has 94 valence electrons. The Balaban J connectivity index is 1.83. The zero-order valence-electron chi connectivity index (χ0n) is 10.2. The Labute approximate surface area is 109 Å². The van der Waals surface area contributed by atoms with E-state index >= 15 is 0 Å². The van der Waals surface area contributed by atoms with Gasteiger partial charge in [0.15, 0.2) is 0 Å². The summed E-state index contributed by atoms with van der Waals surface area (Å²) in [6, 6.07) is 13.8. The van der Waals surface area contributed by atoms with Crippen molar-refractivity contribution >= 4 is 22.4 Å². The van der Waals surface area contributed by atoms with E-state index < -0.39 is 0 Å². The summed E-state index contributed by atoms with van der Waals surface area (Å²) in [5, 5.41) is 8.92. The van der Waals surface area contributed by atoms with E-state index in [0.29, 0.717) is 0 Å². The standard InChI is InChI=1S/C14H12N4O/c19-14(8-18-10-15-9-16-18)17-13-7-3-5-11-4-1-2-6-12(11)13/h1-7,9-10H,8H2,(H,17,19). The zero-order valence-corrected chi connectivity index (χ0v) is 10.2. The van der Waals surface area contributed by atoms with E-state index in [1.807, 2.05) is 42.5 Å². The highest BCUT2D eigenvalue weighted by Gasteiger charge is 2.06. The molecule has 1 amide bonds. The Bertz CT molecular complexity index is 701. The summed E-state index contributed by atoms with van der Waals surface area (Å²) in [6.45, 7) is 0.156. The number of amides is 1. The molecule has 0 saturated heterocycles. The maximum absolute atomic E-state index is 11.9. The highest BCUT2D eigenvalue weighted by molar-refractivity contribution is 6.01. The van der Waals surface area contributed by atoms with Gasteiger partial charge < -0.3 is 5.32 Å². The molecule has 5 nitrogen and oxygen atoms in total. The van der Waals surface area contributed by atoms with Crippen LogP contribution in [0, 0.1) is 0 Å². The van der Waals surface area contributed by atoms with Gasteiger partial charge in [-0.3, -0.25) is 4.79 Å². The molecule has 0 aliphatic heterocycles. The van der Waals surface area contributed by atoms with E-state index in [2.05, 4.69) is 15.4 Å². The van der Waals surface area contributed by atoms with E-state index in [9.17, 15) is 4.79 Å². The Hall–Kier alpha value is -2.69. The molecule has 3 rings (SSSR count). The zero-order chi connectivity index (χ0) is 13.1. The van der Waals surface area contributed by atoms with Crippen LogP contribution in [0.1, 0.15) is 0 Å². The number of rotatable bonds is 3. The molecule has 2 aromatic carbocycles. The van der Waals surface area contributed by atoms with Gasteiger partial charge in [-0.05, 0) is 11.5 Å². The summed E-state index contributed by atoms with van der Waals surface area (Å²) < 4.78 is 1.49. The van der Waals surface area contributed by atoms with E-state index in [4.69, 9.17) is 0 Å². The van der Waals surface area contributed by atoms with Crippen molar-refractivity contribution in [1.29, 1.82) is 0 Å². The van der Waals surface area contributed by atoms with Crippen molar-refractivity contribution in [2.75, 3.05) is 5.32 Å². The number of aromatic nitrogens is 3. The van der Waals surface area contributed by atoms with Crippen LogP contribution in [0.15, 0.2) is 55.1 Å². The van der Waals surface area contributed by atoms with Crippen LogP contribution in [0.5, 0.6) is 0 Å². The molecular weight excluding hydrogens is 240 g/mol. The number of nitrogens with zero attached hydrogens (tertiary/aromatic N) is 3. The van der Waals surface area contributed by atoms with Crippen LogP contribution in [0.3, 0.4) is 0 Å². The van der Waals surface area contributed by atoms with Crippen molar-refractivity contribution in [3.8, 4) is 0 Å². The Morgan fingerprint density at radius 2 is 2.00 bits per heavy atom. The summed E-state index contributed by atoms with van der Waals surface area (Å²) in [7, 11) is 0. The monoisotopic (exact) mass is 252 g/mol. The molecule has 0 unspecified atom stereocenters. The first-order valence-electron chi connectivity index (χ1n) is 5.93. The third-order valence-corrected chi connectivity index (χ3v) is 2.84. The number of fused-ring (bicyclic) bond motifs is 1. The van der Waals surface area contributed by atoms with E-state index in [1.165, 1.54) is 17.3 Å². The highest BCUT2D eigenvalue weighted by atomic mass is 16.2. The number of benzene rings is 2. The first-order valence-corrected chi connectivity index (χ1v) is 5.93. The molecule has 5 heteroatoms. The second-order valence-electron chi connectivity index (χ2n) is 4.17. The van der Waals surface area contributed by atoms with Gasteiger partial charge in [0, 0.05) is 11.1 Å². The maximum atomic E-state index is 11.9. The number of hydrogen-bond acceptors (Lipinski definition) is 3. The normalized spacial score (nSPS) is 10.5. The molecule has 0 bridgehead atoms. The minimum Gasteiger partial charge on any atom is -0.324 e. The lowest BCUT2D eigenvalue weighted by atomic mass is 10.1. The van der Waals surface area contributed by atoms with Gasteiger partial charge in [-0.1, -0.05) is 36.4 Å². The molecule has 19 heavy (non-hydrogen) atoms. The Morgan fingerprint density at radius 1 is 1.16 bits per heavy atom. The van der Waals surface area contributed by atoms with Crippen molar-refractivity contribution in [3.05, 3.63) is 55.1 Å². The van der Waals surface area contributed by atoms with Crippen LogP contribution in [0.4, 0.5) is 5.69 Å². The van der Waals surface area contributed by atoms with Crippen LogP contribution < -0.4 is 5.32 Å². The lowest BCUT2D eigenvalue weighted by Gasteiger charge is -2.08. The third kappa shape index (κ3) is 2.44. The lowest BCUT2D eigenvalue weighted by molar-refractivity contribution is -0.116. The quantitative estimate of drug-likeness (QED) is 0.776. The number of carbonyl (C=O) groups excluding carboxylic acids is 1. The van der Waals surface area contributed by atoms with Crippen molar-refractivity contribution in [2.24, 2.45) is 0 Å². The maximum Gasteiger partial charge on any atom is 0.246 e. The largest absolute Gasteiger partial charge is 0.324 e. The molecule has 0 aliphatic rings. The average Bonchev–Trinajstić information content (AvgIpc) is 2.92. The second kappa shape index (κ2) is 4.89. The Morgan fingerprint density at radius 3 is 2.84 bits per heavy atom. The second-order valence-corrected chi connectivity index (χ2v) is 4.17. The summed E-state index contributed by atoms with van der Waals surface area (Å²) in [5.74, 6) is -0.123. The summed E-state index contributed by atoms with van der Waals surface area (Å²) in [4.78, 5) is 15.7. The minimum atomic E-state index is -0.123. The van der Waals surface area contributed by atoms with Crippen LogP contribution in [-0.2, 0) is 11.3 Å². The molecule has 0 aliphatic carbocycles. The third-order valence-electron chi connectivity index (χ3n) is 2.84. The fourth-order valence-corrected chi connectivity index (χ4v) is 1.99. The Kier molecular flexibility index (Phi) is 2.94. The predicted molar refractivity (Wildman–Crippen MR) is 72.6 cm³/mol. The molecule has 0 saturated carbocycles. The van der Waals surface area contributed by atoms with Crippen molar-refractivity contribution < 1.29 is 4.79 Å². The van der Waals surface area contributed by atoms with Gasteiger partial charge in [-0.15, -0.1) is 0 Å². The van der Waals surface area contributed by atoms with Gasteiger partial charge in [-0.25, -0.2) is 9.67 Å². The summed E-state index contributed by atoms with van der Waals surface area (Å²) >= 11 is 0. The lowest BCUT2D eigenvalue weighted by Crippen LogP contribution is -2.19. The molecule has 0 radical (unpaired) electrons. The van der Waals surface area contributed by atoms with Gasteiger partial charge in [0.25, 0.3) is 0 Å². The van der Waals surface area contributed by atoms with E-state index in [0.717, 1.165) is 16.5 Å². The fourth-order valence-electron chi connectivity index (χ4n) is 1.99. The van der Waals surface area contributed by atoms with Crippen molar-refractivity contribution in [3.63, 3.8) is 0 Å². The predicted octanol–water partition coefficient (Wildman–Crippen LogP) is 2.07. The topological polar surface area (TPSA) is 59.8 Å². The van der Waals surface area contributed by atoms with Gasteiger partial charge >= 0.3 is 0 Å². The molecule has 1 heterocycles. The molecule has 0 atom stereocenters.